The number of nitrogens with one attached hydrogen (secondary N) is 2. The molecule has 2 aromatic heterocycles. The lowest BCUT2D eigenvalue weighted by molar-refractivity contribution is -0.0228. The van der Waals surface area contributed by atoms with E-state index in [0.717, 1.165) is 13.1 Å². The van der Waals surface area contributed by atoms with Crippen molar-refractivity contribution in [3.63, 3.8) is 0 Å². The lowest BCUT2D eigenvalue weighted by Crippen LogP contribution is -2.39. The van der Waals surface area contributed by atoms with Crippen LogP contribution in [0.3, 0.4) is 0 Å². The quantitative estimate of drug-likeness (QED) is 0.679. The van der Waals surface area contributed by atoms with Gasteiger partial charge < -0.3 is 19.9 Å². The smallest absolute Gasteiger partial charge is 0.259 e. The summed E-state index contributed by atoms with van der Waals surface area (Å²) in [4.78, 5) is 11.1. The second kappa shape index (κ2) is 3.94. The second-order valence-corrected chi connectivity index (χ2v) is 4.14. The summed E-state index contributed by atoms with van der Waals surface area (Å²) in [6.45, 7) is 1.49. The normalized spacial score (nSPS) is 19.4. The molecule has 7 heteroatoms. The molecule has 0 radical (unpaired) electrons. The predicted octanol–water partition coefficient (Wildman–Crippen LogP) is 0.0307. The van der Waals surface area contributed by atoms with E-state index in [-0.39, 0.29) is 5.89 Å². The first-order valence-electron chi connectivity index (χ1n) is 5.55. The third kappa shape index (κ3) is 1.83. The van der Waals surface area contributed by atoms with Gasteiger partial charge in [-0.15, -0.1) is 0 Å². The topological polar surface area (TPSA) is 99.9 Å². The van der Waals surface area contributed by atoms with Gasteiger partial charge in [-0.1, -0.05) is 5.16 Å². The minimum atomic E-state index is -1.01. The minimum Gasteiger partial charge on any atom is -0.380 e. The van der Waals surface area contributed by atoms with Gasteiger partial charge in [0.2, 0.25) is 5.82 Å². The molecule has 3 N–H and O–H groups in total. The zero-order valence-corrected chi connectivity index (χ0v) is 9.18. The lowest BCUT2D eigenvalue weighted by Gasteiger charge is -2.28. The predicted molar refractivity (Wildman–Crippen MR) is 57.9 cm³/mol. The standard InChI is InChI=1S/C10H13N5O2/c16-10(1-3-11-4-2-10)9-14-8(15-17-9)7-12-5-6-13-7/h5-6,11,16H,1-4H2,(H,12,13). The van der Waals surface area contributed by atoms with E-state index < -0.39 is 5.60 Å². The average Bonchev–Trinajstić information content (AvgIpc) is 3.01. The van der Waals surface area contributed by atoms with Crippen molar-refractivity contribution in [3.05, 3.63) is 18.3 Å². The number of rotatable bonds is 2. The summed E-state index contributed by atoms with van der Waals surface area (Å²) < 4.78 is 5.13. The Morgan fingerprint density at radius 1 is 1.35 bits per heavy atom. The highest BCUT2D eigenvalue weighted by atomic mass is 16.5. The lowest BCUT2D eigenvalue weighted by atomic mass is 9.92. The van der Waals surface area contributed by atoms with Crippen LogP contribution < -0.4 is 5.32 Å². The summed E-state index contributed by atoms with van der Waals surface area (Å²) in [7, 11) is 0. The third-order valence-electron chi connectivity index (χ3n) is 2.96. The number of imidazole rings is 1. The van der Waals surface area contributed by atoms with Crippen LogP contribution in [0.2, 0.25) is 0 Å². The molecule has 1 aliphatic rings. The van der Waals surface area contributed by atoms with Crippen molar-refractivity contribution in [2.75, 3.05) is 13.1 Å². The van der Waals surface area contributed by atoms with Crippen LogP contribution in [0.4, 0.5) is 0 Å². The number of hydrogen-bond acceptors (Lipinski definition) is 6. The molecular weight excluding hydrogens is 222 g/mol. The van der Waals surface area contributed by atoms with E-state index in [2.05, 4.69) is 25.4 Å². The first kappa shape index (κ1) is 10.4. The van der Waals surface area contributed by atoms with E-state index in [1.54, 1.807) is 12.4 Å². The fourth-order valence-electron chi connectivity index (χ4n) is 1.95. The third-order valence-corrected chi connectivity index (χ3v) is 2.96. The zero-order chi connectivity index (χ0) is 11.7. The van der Waals surface area contributed by atoms with Gasteiger partial charge in [-0.05, 0) is 25.9 Å². The van der Waals surface area contributed by atoms with E-state index in [4.69, 9.17) is 4.52 Å². The number of piperidine rings is 1. The molecule has 0 saturated carbocycles. The van der Waals surface area contributed by atoms with Crippen LogP contribution in [0.1, 0.15) is 18.7 Å². The van der Waals surface area contributed by atoms with Crippen molar-refractivity contribution in [2.45, 2.75) is 18.4 Å². The number of aromatic amines is 1. The molecule has 0 amide bonds. The van der Waals surface area contributed by atoms with Gasteiger partial charge in [-0.25, -0.2) is 4.98 Å². The van der Waals surface area contributed by atoms with E-state index >= 15 is 0 Å². The van der Waals surface area contributed by atoms with Crippen molar-refractivity contribution in [1.82, 2.24) is 25.4 Å². The molecule has 3 rings (SSSR count). The Kier molecular flexibility index (Phi) is 2.41. The van der Waals surface area contributed by atoms with Crippen LogP contribution in [-0.2, 0) is 5.60 Å². The van der Waals surface area contributed by atoms with Gasteiger partial charge in [-0.3, -0.25) is 0 Å². The molecule has 0 unspecified atom stereocenters. The van der Waals surface area contributed by atoms with Crippen LogP contribution in [0.15, 0.2) is 16.9 Å². The van der Waals surface area contributed by atoms with Crippen LogP contribution >= 0.6 is 0 Å². The van der Waals surface area contributed by atoms with Gasteiger partial charge in [0.05, 0.1) is 0 Å². The maximum atomic E-state index is 10.4. The number of aliphatic hydroxyl groups is 1. The molecule has 0 bridgehead atoms. The summed E-state index contributed by atoms with van der Waals surface area (Å²) in [6, 6.07) is 0. The van der Waals surface area contributed by atoms with E-state index in [1.807, 2.05) is 0 Å². The van der Waals surface area contributed by atoms with Crippen molar-refractivity contribution in [2.24, 2.45) is 0 Å². The highest BCUT2D eigenvalue weighted by Gasteiger charge is 2.37. The molecule has 0 aliphatic carbocycles. The van der Waals surface area contributed by atoms with Gasteiger partial charge >= 0.3 is 0 Å². The minimum absolute atomic E-state index is 0.269. The van der Waals surface area contributed by atoms with Crippen LogP contribution in [0.5, 0.6) is 0 Å². The molecule has 90 valence electrons. The van der Waals surface area contributed by atoms with Gasteiger partial charge in [0.25, 0.3) is 5.89 Å². The Morgan fingerprint density at radius 2 is 2.18 bits per heavy atom. The summed E-state index contributed by atoms with van der Waals surface area (Å²) in [5.41, 5.74) is -1.01. The fourth-order valence-corrected chi connectivity index (χ4v) is 1.95. The molecular formula is C10H13N5O2. The van der Waals surface area contributed by atoms with Crippen LogP contribution in [0, 0.1) is 0 Å². The molecule has 3 heterocycles. The van der Waals surface area contributed by atoms with E-state index in [0.29, 0.717) is 24.5 Å². The first-order chi connectivity index (χ1) is 8.28. The molecule has 17 heavy (non-hydrogen) atoms. The zero-order valence-electron chi connectivity index (χ0n) is 9.18. The Hall–Kier alpha value is -1.73. The molecule has 1 saturated heterocycles. The number of nitrogens with zero attached hydrogens (tertiary/aromatic N) is 3. The van der Waals surface area contributed by atoms with E-state index in [1.165, 1.54) is 0 Å². The summed E-state index contributed by atoms with van der Waals surface area (Å²) in [5, 5.41) is 17.4. The van der Waals surface area contributed by atoms with Gasteiger partial charge in [-0.2, -0.15) is 4.98 Å². The van der Waals surface area contributed by atoms with Crippen molar-refractivity contribution < 1.29 is 9.63 Å². The van der Waals surface area contributed by atoms with Crippen molar-refractivity contribution >= 4 is 0 Å². The summed E-state index contributed by atoms with van der Waals surface area (Å²) >= 11 is 0. The van der Waals surface area contributed by atoms with Gasteiger partial charge in [0.15, 0.2) is 5.82 Å². The Bertz CT molecular complexity index is 487. The van der Waals surface area contributed by atoms with Crippen LogP contribution in [-0.4, -0.2) is 38.3 Å². The first-order valence-corrected chi connectivity index (χ1v) is 5.55. The molecule has 2 aromatic rings. The molecule has 0 atom stereocenters. The largest absolute Gasteiger partial charge is 0.380 e. The van der Waals surface area contributed by atoms with Gasteiger partial charge in [0, 0.05) is 12.4 Å². The van der Waals surface area contributed by atoms with Crippen molar-refractivity contribution in [3.8, 4) is 11.6 Å². The Morgan fingerprint density at radius 3 is 2.88 bits per heavy atom. The highest BCUT2D eigenvalue weighted by Crippen LogP contribution is 2.29. The summed E-state index contributed by atoms with van der Waals surface area (Å²) in [5.74, 6) is 1.18. The maximum absolute atomic E-state index is 10.4. The molecule has 7 nitrogen and oxygen atoms in total. The maximum Gasteiger partial charge on any atom is 0.259 e. The molecule has 0 aromatic carbocycles. The summed E-state index contributed by atoms with van der Waals surface area (Å²) in [6.07, 6.45) is 4.45. The van der Waals surface area contributed by atoms with Crippen molar-refractivity contribution in [1.29, 1.82) is 0 Å². The van der Waals surface area contributed by atoms with Gasteiger partial charge in [0.1, 0.15) is 5.60 Å². The van der Waals surface area contributed by atoms with E-state index in [9.17, 15) is 5.11 Å². The number of hydrogen-bond donors (Lipinski definition) is 3. The molecule has 0 spiro atoms. The van der Waals surface area contributed by atoms with Crippen LogP contribution in [0.25, 0.3) is 11.6 Å². The Balaban J connectivity index is 1.89. The fraction of sp³-hybridized carbons (Fsp3) is 0.500. The number of H-pyrrole nitrogens is 1. The average molecular weight is 235 g/mol. The SMILES string of the molecule is OC1(c2nc(-c3ncc[nH]3)no2)CCNCC1. The molecule has 1 aliphatic heterocycles. The monoisotopic (exact) mass is 235 g/mol. The molecule has 1 fully saturated rings. The number of aromatic nitrogens is 4. The Labute approximate surface area is 97.3 Å². The second-order valence-electron chi connectivity index (χ2n) is 4.14. The highest BCUT2D eigenvalue weighted by molar-refractivity contribution is 5.41.